The number of rotatable bonds is 3. The molecule has 1 fully saturated rings. The Bertz CT molecular complexity index is 356. The molecule has 7 nitrogen and oxygen atoms in total. The minimum atomic E-state index is -1.45. The third-order valence-electron chi connectivity index (χ3n) is 3.04. The van der Waals surface area contributed by atoms with Crippen molar-refractivity contribution in [2.45, 2.75) is 44.8 Å². The molecule has 0 aromatic heterocycles. The highest BCUT2D eigenvalue weighted by Gasteiger charge is 2.41. The summed E-state index contributed by atoms with van der Waals surface area (Å²) in [6, 6.07) is 0. The van der Waals surface area contributed by atoms with Gasteiger partial charge in [-0.05, 0) is 20.8 Å². The maximum atomic E-state index is 11.9. The summed E-state index contributed by atoms with van der Waals surface area (Å²) in [5.41, 5.74) is -2.00. The van der Waals surface area contributed by atoms with Gasteiger partial charge in [-0.2, -0.15) is 0 Å². The number of carbonyl (C=O) groups excluding carboxylic acids is 2. The van der Waals surface area contributed by atoms with Gasteiger partial charge in [-0.3, -0.25) is 4.79 Å². The van der Waals surface area contributed by atoms with E-state index in [4.69, 9.17) is 9.47 Å². The van der Waals surface area contributed by atoms with Gasteiger partial charge in [-0.1, -0.05) is 0 Å². The summed E-state index contributed by atoms with van der Waals surface area (Å²) >= 11 is 0. The minimum Gasteiger partial charge on any atom is -0.444 e. The first-order valence-electron chi connectivity index (χ1n) is 6.65. The molecule has 1 aliphatic rings. The van der Waals surface area contributed by atoms with E-state index in [9.17, 15) is 14.7 Å². The Balaban J connectivity index is 2.50. The van der Waals surface area contributed by atoms with E-state index in [-0.39, 0.29) is 32.7 Å². The summed E-state index contributed by atoms with van der Waals surface area (Å²) in [6.45, 7) is 6.00. The molecule has 7 heteroatoms. The average molecular weight is 288 g/mol. The molecule has 2 amide bonds. The Morgan fingerprint density at radius 3 is 2.30 bits per heavy atom. The van der Waals surface area contributed by atoms with Crippen LogP contribution in [-0.4, -0.2) is 60.1 Å². The Labute approximate surface area is 119 Å². The van der Waals surface area contributed by atoms with Crippen LogP contribution in [-0.2, 0) is 14.3 Å². The number of aliphatic hydroxyl groups is 1. The van der Waals surface area contributed by atoms with Gasteiger partial charge in [0.2, 0.25) is 0 Å². The number of hydrogen-bond donors (Lipinski definition) is 2. The predicted octanol–water partition coefficient (Wildman–Crippen LogP) is 0.468. The van der Waals surface area contributed by atoms with Crippen LogP contribution in [0.25, 0.3) is 0 Å². The van der Waals surface area contributed by atoms with Crippen molar-refractivity contribution in [3.05, 3.63) is 0 Å². The van der Waals surface area contributed by atoms with Crippen LogP contribution in [0.2, 0.25) is 0 Å². The zero-order valence-electron chi connectivity index (χ0n) is 12.6. The molecule has 0 unspecified atom stereocenters. The van der Waals surface area contributed by atoms with Gasteiger partial charge in [0.25, 0.3) is 5.91 Å². The maximum Gasteiger partial charge on any atom is 0.410 e. The van der Waals surface area contributed by atoms with E-state index < -0.39 is 23.2 Å². The summed E-state index contributed by atoms with van der Waals surface area (Å²) in [6.07, 6.45) is -0.0549. The molecule has 116 valence electrons. The lowest BCUT2D eigenvalue weighted by molar-refractivity contribution is -0.146. The van der Waals surface area contributed by atoms with Gasteiger partial charge in [0.1, 0.15) is 17.9 Å². The van der Waals surface area contributed by atoms with Crippen LogP contribution in [0.15, 0.2) is 0 Å². The summed E-state index contributed by atoms with van der Waals surface area (Å²) in [4.78, 5) is 25.2. The molecule has 0 aliphatic carbocycles. The molecule has 1 saturated heterocycles. The topological polar surface area (TPSA) is 88.1 Å². The van der Waals surface area contributed by atoms with E-state index in [1.54, 1.807) is 20.8 Å². The van der Waals surface area contributed by atoms with Crippen LogP contribution in [0, 0.1) is 0 Å². The highest BCUT2D eigenvalue weighted by Crippen LogP contribution is 2.23. The number of nitrogens with one attached hydrogen (secondary N) is 1. The Morgan fingerprint density at radius 2 is 1.85 bits per heavy atom. The highest BCUT2D eigenvalue weighted by molar-refractivity contribution is 5.85. The second-order valence-electron chi connectivity index (χ2n) is 5.94. The summed E-state index contributed by atoms with van der Waals surface area (Å²) < 4.78 is 9.99. The zero-order chi connectivity index (χ0) is 15.4. The van der Waals surface area contributed by atoms with Gasteiger partial charge in [0, 0.05) is 33.0 Å². The molecule has 0 aromatic carbocycles. The summed E-state index contributed by atoms with van der Waals surface area (Å²) in [5, 5.41) is 12.7. The molecule has 0 aromatic rings. The Hall–Kier alpha value is -1.34. The van der Waals surface area contributed by atoms with Crippen molar-refractivity contribution in [2.24, 2.45) is 0 Å². The van der Waals surface area contributed by atoms with Crippen molar-refractivity contribution in [2.75, 3.05) is 26.9 Å². The standard InChI is InChI=1S/C13H24N2O5/c1-12(2,3)20-11(17)15-7-5-13(18,6-8-15)10(16)14-9-19-4/h18H,5-9H2,1-4H3,(H,14,16). The smallest absolute Gasteiger partial charge is 0.410 e. The van der Waals surface area contributed by atoms with Crippen LogP contribution < -0.4 is 5.32 Å². The lowest BCUT2D eigenvalue weighted by Gasteiger charge is -2.37. The average Bonchev–Trinajstić information content (AvgIpc) is 2.34. The maximum absolute atomic E-state index is 11.9. The number of ether oxygens (including phenoxy) is 2. The molecule has 0 spiro atoms. The van der Waals surface area contributed by atoms with Gasteiger partial charge in [0.15, 0.2) is 0 Å². The number of amides is 2. The van der Waals surface area contributed by atoms with Crippen molar-refractivity contribution in [3.8, 4) is 0 Å². The molecular formula is C13H24N2O5. The first-order chi connectivity index (χ1) is 9.18. The number of piperidine rings is 1. The lowest BCUT2D eigenvalue weighted by Crippen LogP contribution is -2.55. The van der Waals surface area contributed by atoms with Gasteiger partial charge >= 0.3 is 6.09 Å². The number of methoxy groups -OCH3 is 1. The third-order valence-corrected chi connectivity index (χ3v) is 3.04. The van der Waals surface area contributed by atoms with Gasteiger partial charge < -0.3 is 24.8 Å². The first kappa shape index (κ1) is 16.7. The van der Waals surface area contributed by atoms with Crippen LogP contribution in [0.1, 0.15) is 33.6 Å². The fraction of sp³-hybridized carbons (Fsp3) is 0.846. The third kappa shape index (κ3) is 4.64. The molecule has 0 radical (unpaired) electrons. The fourth-order valence-corrected chi connectivity index (χ4v) is 1.91. The molecule has 2 N–H and O–H groups in total. The largest absolute Gasteiger partial charge is 0.444 e. The molecule has 0 atom stereocenters. The zero-order valence-corrected chi connectivity index (χ0v) is 12.6. The highest BCUT2D eigenvalue weighted by atomic mass is 16.6. The fourth-order valence-electron chi connectivity index (χ4n) is 1.91. The van der Waals surface area contributed by atoms with Crippen molar-refractivity contribution in [1.29, 1.82) is 0 Å². The monoisotopic (exact) mass is 288 g/mol. The van der Waals surface area contributed by atoms with Crippen LogP contribution in [0.4, 0.5) is 4.79 Å². The number of carbonyl (C=O) groups is 2. The summed E-state index contributed by atoms with van der Waals surface area (Å²) in [7, 11) is 1.45. The number of likely N-dealkylation sites (tertiary alicyclic amines) is 1. The van der Waals surface area contributed by atoms with Crippen molar-refractivity contribution in [1.82, 2.24) is 10.2 Å². The van der Waals surface area contributed by atoms with Crippen molar-refractivity contribution < 1.29 is 24.2 Å². The molecule has 0 saturated carbocycles. The lowest BCUT2D eigenvalue weighted by atomic mass is 9.91. The second kappa shape index (κ2) is 6.41. The number of nitrogens with zero attached hydrogens (tertiary/aromatic N) is 1. The van der Waals surface area contributed by atoms with E-state index in [0.717, 1.165) is 0 Å². The molecular weight excluding hydrogens is 264 g/mol. The SMILES string of the molecule is COCNC(=O)C1(O)CCN(C(=O)OC(C)(C)C)CC1. The van der Waals surface area contributed by atoms with Crippen LogP contribution >= 0.6 is 0 Å². The molecule has 1 heterocycles. The second-order valence-corrected chi connectivity index (χ2v) is 5.94. The van der Waals surface area contributed by atoms with E-state index in [1.807, 2.05) is 0 Å². The van der Waals surface area contributed by atoms with Crippen molar-refractivity contribution in [3.63, 3.8) is 0 Å². The van der Waals surface area contributed by atoms with Crippen molar-refractivity contribution >= 4 is 12.0 Å². The van der Waals surface area contributed by atoms with Gasteiger partial charge in [0.05, 0.1) is 0 Å². The summed E-state index contributed by atoms with van der Waals surface area (Å²) in [5.74, 6) is -0.469. The minimum absolute atomic E-state index is 0.0525. The first-order valence-corrected chi connectivity index (χ1v) is 6.65. The Kier molecular flexibility index (Phi) is 5.35. The normalized spacial score (nSPS) is 18.6. The van der Waals surface area contributed by atoms with Crippen LogP contribution in [0.5, 0.6) is 0 Å². The van der Waals surface area contributed by atoms with Gasteiger partial charge in [-0.15, -0.1) is 0 Å². The molecule has 1 aliphatic heterocycles. The molecule has 20 heavy (non-hydrogen) atoms. The van der Waals surface area contributed by atoms with Gasteiger partial charge in [-0.25, -0.2) is 4.79 Å². The van der Waals surface area contributed by atoms with E-state index in [2.05, 4.69) is 5.32 Å². The van der Waals surface area contributed by atoms with E-state index in [1.165, 1.54) is 12.0 Å². The molecule has 0 bridgehead atoms. The quantitative estimate of drug-likeness (QED) is 0.737. The predicted molar refractivity (Wildman–Crippen MR) is 72.0 cm³/mol. The van der Waals surface area contributed by atoms with Crippen LogP contribution in [0.3, 0.4) is 0 Å². The van der Waals surface area contributed by atoms with E-state index in [0.29, 0.717) is 0 Å². The number of hydrogen-bond acceptors (Lipinski definition) is 5. The molecule has 1 rings (SSSR count). The Morgan fingerprint density at radius 1 is 1.30 bits per heavy atom. The van der Waals surface area contributed by atoms with E-state index >= 15 is 0 Å².